The van der Waals surface area contributed by atoms with Gasteiger partial charge in [0.2, 0.25) is 0 Å². The maximum absolute atomic E-state index is 15.1. The standard InChI is InChI=1S/C28H32F2O6/c1-4-5-6-7-20-8-9-22(13-25(20)29)24-11-10-21(12-26(24)30)23(16-35-27(33)18(2)14-31)17-36-28(34)19(3)15-32/h8-13,23,31-32H,2-7,14-17H2,1H3. The Hall–Kier alpha value is -3.36. The van der Waals surface area contributed by atoms with Gasteiger partial charge < -0.3 is 19.7 Å². The summed E-state index contributed by atoms with van der Waals surface area (Å²) in [4.78, 5) is 23.8. The summed E-state index contributed by atoms with van der Waals surface area (Å²) < 4.78 is 39.9. The molecule has 2 aromatic carbocycles. The molecule has 2 N–H and O–H groups in total. The van der Waals surface area contributed by atoms with Crippen LogP contribution in [0.3, 0.4) is 0 Å². The second-order valence-electron chi connectivity index (χ2n) is 8.42. The Bertz CT molecular complexity index is 1060. The van der Waals surface area contributed by atoms with E-state index in [1.807, 2.05) is 0 Å². The number of hydrogen-bond donors (Lipinski definition) is 2. The van der Waals surface area contributed by atoms with E-state index in [0.29, 0.717) is 23.1 Å². The van der Waals surface area contributed by atoms with Crippen LogP contribution in [0, 0.1) is 11.6 Å². The van der Waals surface area contributed by atoms with Crippen molar-refractivity contribution in [1.82, 2.24) is 0 Å². The van der Waals surface area contributed by atoms with Gasteiger partial charge in [-0.15, -0.1) is 0 Å². The highest BCUT2D eigenvalue weighted by Gasteiger charge is 2.21. The predicted octanol–water partition coefficient (Wildman–Crippen LogP) is 4.63. The number of rotatable bonds is 14. The minimum Gasteiger partial charge on any atom is -0.461 e. The summed E-state index contributed by atoms with van der Waals surface area (Å²) in [5.41, 5.74) is 1.18. The van der Waals surface area contributed by atoms with Crippen molar-refractivity contribution >= 4 is 11.9 Å². The van der Waals surface area contributed by atoms with Gasteiger partial charge in [-0.1, -0.05) is 57.2 Å². The first-order chi connectivity index (χ1) is 17.2. The largest absolute Gasteiger partial charge is 0.461 e. The first-order valence-corrected chi connectivity index (χ1v) is 11.7. The summed E-state index contributed by atoms with van der Waals surface area (Å²) in [6.07, 6.45) is 3.53. The molecule has 2 rings (SSSR count). The number of esters is 2. The molecular weight excluding hydrogens is 470 g/mol. The zero-order valence-corrected chi connectivity index (χ0v) is 20.4. The van der Waals surface area contributed by atoms with Crippen LogP contribution >= 0.6 is 0 Å². The van der Waals surface area contributed by atoms with E-state index >= 15 is 4.39 Å². The molecule has 0 bridgehead atoms. The Labute approximate surface area is 209 Å². The number of benzene rings is 2. The number of aliphatic hydroxyl groups is 2. The summed E-state index contributed by atoms with van der Waals surface area (Å²) in [7, 11) is 0. The second-order valence-corrected chi connectivity index (χ2v) is 8.42. The molecule has 0 aliphatic carbocycles. The van der Waals surface area contributed by atoms with Crippen molar-refractivity contribution in [3.8, 4) is 11.1 Å². The van der Waals surface area contributed by atoms with Gasteiger partial charge in [0.15, 0.2) is 0 Å². The molecule has 36 heavy (non-hydrogen) atoms. The van der Waals surface area contributed by atoms with E-state index in [9.17, 15) is 14.0 Å². The van der Waals surface area contributed by atoms with E-state index in [4.69, 9.17) is 19.7 Å². The Morgan fingerprint density at radius 3 is 2.00 bits per heavy atom. The third kappa shape index (κ3) is 8.10. The highest BCUT2D eigenvalue weighted by atomic mass is 19.1. The average molecular weight is 503 g/mol. The summed E-state index contributed by atoms with van der Waals surface area (Å²) in [6, 6.07) is 8.89. The molecule has 0 aliphatic heterocycles. The van der Waals surface area contributed by atoms with E-state index in [1.54, 1.807) is 18.2 Å². The SMILES string of the molecule is C=C(CO)C(=O)OCC(COC(=O)C(=C)CO)c1ccc(-c2ccc(CCCCC)c(F)c2)c(F)c1. The molecule has 0 fully saturated rings. The van der Waals surface area contributed by atoms with Crippen molar-refractivity contribution in [2.45, 2.75) is 38.5 Å². The Kier molecular flexibility index (Phi) is 11.4. The number of halogens is 2. The van der Waals surface area contributed by atoms with Gasteiger partial charge in [0.25, 0.3) is 0 Å². The minimum atomic E-state index is -0.847. The van der Waals surface area contributed by atoms with E-state index < -0.39 is 42.7 Å². The van der Waals surface area contributed by atoms with E-state index in [2.05, 4.69) is 20.1 Å². The lowest BCUT2D eigenvalue weighted by Crippen LogP contribution is -2.21. The van der Waals surface area contributed by atoms with Crippen LogP contribution in [0.4, 0.5) is 8.78 Å². The van der Waals surface area contributed by atoms with E-state index in [1.165, 1.54) is 18.2 Å². The maximum Gasteiger partial charge on any atom is 0.335 e. The van der Waals surface area contributed by atoms with Crippen LogP contribution in [-0.2, 0) is 25.5 Å². The fourth-order valence-electron chi connectivity index (χ4n) is 3.43. The monoisotopic (exact) mass is 502 g/mol. The molecule has 0 saturated heterocycles. The normalized spacial score (nSPS) is 10.8. The second kappa shape index (κ2) is 14.3. The van der Waals surface area contributed by atoms with Crippen molar-refractivity contribution in [2.75, 3.05) is 26.4 Å². The highest BCUT2D eigenvalue weighted by Crippen LogP contribution is 2.29. The Balaban J connectivity index is 2.25. The lowest BCUT2D eigenvalue weighted by Gasteiger charge is -2.19. The van der Waals surface area contributed by atoms with Crippen LogP contribution < -0.4 is 0 Å². The number of aryl methyl sites for hydroxylation is 1. The topological polar surface area (TPSA) is 93.1 Å². The number of carbonyl (C=O) groups excluding carboxylic acids is 2. The summed E-state index contributed by atoms with van der Waals surface area (Å²) in [5.74, 6) is -3.48. The highest BCUT2D eigenvalue weighted by molar-refractivity contribution is 5.88. The molecule has 6 nitrogen and oxygen atoms in total. The molecule has 8 heteroatoms. The van der Waals surface area contributed by atoms with Crippen molar-refractivity contribution in [3.63, 3.8) is 0 Å². The molecular formula is C28H32F2O6. The van der Waals surface area contributed by atoms with E-state index in [-0.39, 0.29) is 29.9 Å². The van der Waals surface area contributed by atoms with Crippen molar-refractivity contribution in [3.05, 3.63) is 83.5 Å². The fourth-order valence-corrected chi connectivity index (χ4v) is 3.43. The lowest BCUT2D eigenvalue weighted by molar-refractivity contribution is -0.142. The molecule has 0 heterocycles. The fraction of sp³-hybridized carbons (Fsp3) is 0.357. The minimum absolute atomic E-state index is 0.166. The molecule has 194 valence electrons. The summed E-state index contributed by atoms with van der Waals surface area (Å²) >= 11 is 0. The molecule has 0 aliphatic rings. The van der Waals surface area contributed by atoms with E-state index in [0.717, 1.165) is 19.3 Å². The van der Waals surface area contributed by atoms with Gasteiger partial charge in [0, 0.05) is 5.56 Å². The zero-order valence-electron chi connectivity index (χ0n) is 20.4. The maximum atomic E-state index is 15.1. The van der Waals surface area contributed by atoms with Crippen LogP contribution in [0.15, 0.2) is 60.7 Å². The summed E-state index contributed by atoms with van der Waals surface area (Å²) in [6.45, 7) is 7.07. The van der Waals surface area contributed by atoms with Crippen LogP contribution in [-0.4, -0.2) is 48.6 Å². The van der Waals surface area contributed by atoms with Gasteiger partial charge in [-0.3, -0.25) is 0 Å². The third-order valence-corrected chi connectivity index (χ3v) is 5.67. The van der Waals surface area contributed by atoms with Gasteiger partial charge in [-0.05, 0) is 41.7 Å². The third-order valence-electron chi connectivity index (χ3n) is 5.67. The van der Waals surface area contributed by atoms with Gasteiger partial charge >= 0.3 is 11.9 Å². The molecule has 2 aromatic rings. The van der Waals surface area contributed by atoms with Crippen LogP contribution in [0.25, 0.3) is 11.1 Å². The number of unbranched alkanes of at least 4 members (excludes halogenated alkanes) is 2. The molecule has 0 aromatic heterocycles. The smallest absolute Gasteiger partial charge is 0.335 e. The molecule has 0 amide bonds. The van der Waals surface area contributed by atoms with Crippen LogP contribution in [0.5, 0.6) is 0 Å². The zero-order chi connectivity index (χ0) is 26.7. The first-order valence-electron chi connectivity index (χ1n) is 11.7. The molecule has 0 unspecified atom stereocenters. The van der Waals surface area contributed by atoms with Gasteiger partial charge in [-0.2, -0.15) is 0 Å². The van der Waals surface area contributed by atoms with Crippen molar-refractivity contribution in [2.24, 2.45) is 0 Å². The van der Waals surface area contributed by atoms with Crippen LogP contribution in [0.2, 0.25) is 0 Å². The number of aliphatic hydroxyl groups excluding tert-OH is 2. The number of hydrogen-bond acceptors (Lipinski definition) is 6. The number of ether oxygens (including phenoxy) is 2. The summed E-state index contributed by atoms with van der Waals surface area (Å²) in [5, 5.41) is 18.1. The number of carbonyl (C=O) groups is 2. The molecule has 0 spiro atoms. The van der Waals surface area contributed by atoms with Gasteiger partial charge in [-0.25, -0.2) is 18.4 Å². The van der Waals surface area contributed by atoms with Crippen LogP contribution in [0.1, 0.15) is 43.2 Å². The van der Waals surface area contributed by atoms with Crippen molar-refractivity contribution in [1.29, 1.82) is 0 Å². The average Bonchev–Trinajstić information content (AvgIpc) is 2.88. The Morgan fingerprint density at radius 1 is 0.889 bits per heavy atom. The van der Waals surface area contributed by atoms with Crippen molar-refractivity contribution < 1.29 is 38.1 Å². The Morgan fingerprint density at radius 2 is 1.50 bits per heavy atom. The first kappa shape index (κ1) is 28.9. The lowest BCUT2D eigenvalue weighted by atomic mass is 9.95. The predicted molar refractivity (Wildman–Crippen MR) is 132 cm³/mol. The quantitative estimate of drug-likeness (QED) is 0.222. The molecule has 0 saturated carbocycles. The van der Waals surface area contributed by atoms with Gasteiger partial charge in [0.1, 0.15) is 24.8 Å². The molecule has 0 radical (unpaired) electrons. The molecule has 0 atom stereocenters. The van der Waals surface area contributed by atoms with Gasteiger partial charge in [0.05, 0.1) is 30.3 Å².